The summed E-state index contributed by atoms with van der Waals surface area (Å²) in [5, 5.41) is 16.7. The third-order valence-corrected chi connectivity index (χ3v) is 3.06. The van der Waals surface area contributed by atoms with Crippen LogP contribution in [0, 0.1) is 7.14 Å². The Bertz CT molecular complexity index is 404. The molecule has 5 N–H and O–H groups in total. The summed E-state index contributed by atoms with van der Waals surface area (Å²) in [4.78, 5) is 0. The van der Waals surface area contributed by atoms with Crippen molar-refractivity contribution >= 4 is 57.4 Å². The maximum Gasteiger partial charge on any atom is 0.211 e. The molecule has 0 aliphatic heterocycles. The summed E-state index contributed by atoms with van der Waals surface area (Å²) in [6.07, 6.45) is 1.52. The van der Waals surface area contributed by atoms with Crippen LogP contribution in [0.15, 0.2) is 22.3 Å². The van der Waals surface area contributed by atoms with E-state index in [4.69, 9.17) is 11.5 Å². The third kappa shape index (κ3) is 3.81. The van der Waals surface area contributed by atoms with Crippen molar-refractivity contribution in [2.75, 3.05) is 0 Å². The van der Waals surface area contributed by atoms with Crippen molar-refractivity contribution in [1.29, 1.82) is 0 Å². The van der Waals surface area contributed by atoms with Crippen molar-refractivity contribution in [3.05, 3.63) is 24.8 Å². The van der Waals surface area contributed by atoms with Gasteiger partial charge in [-0.25, -0.2) is 0 Å². The number of nitrogens with zero attached hydrogens (tertiary/aromatic N) is 2. The van der Waals surface area contributed by atoms with Gasteiger partial charge in [-0.2, -0.15) is 5.10 Å². The van der Waals surface area contributed by atoms with Crippen molar-refractivity contribution in [1.82, 2.24) is 0 Å². The molecule has 0 heterocycles. The molecule has 0 radical (unpaired) electrons. The first kappa shape index (κ1) is 12.5. The molecule has 7 heteroatoms. The van der Waals surface area contributed by atoms with Crippen LogP contribution in [0.25, 0.3) is 0 Å². The SMILES string of the molecule is NC(N)=N/N=C/c1cc(I)c(O)c(I)c1. The summed E-state index contributed by atoms with van der Waals surface area (Å²) in [5.41, 5.74) is 11.0. The second-order valence-corrected chi connectivity index (χ2v) is 4.93. The molecule has 1 aromatic carbocycles. The number of phenols is 1. The number of nitrogens with two attached hydrogens (primary N) is 2. The molecule has 0 fully saturated rings. The Morgan fingerprint density at radius 2 is 1.80 bits per heavy atom. The van der Waals surface area contributed by atoms with E-state index >= 15 is 0 Å². The number of hydrogen-bond donors (Lipinski definition) is 3. The quantitative estimate of drug-likeness (QED) is 0.285. The normalized spacial score (nSPS) is 10.5. The summed E-state index contributed by atoms with van der Waals surface area (Å²) in [5.74, 6) is 0.185. The highest BCUT2D eigenvalue weighted by molar-refractivity contribution is 14.1. The summed E-state index contributed by atoms with van der Waals surface area (Å²) < 4.78 is 1.51. The molecule has 0 aliphatic carbocycles. The van der Waals surface area contributed by atoms with E-state index in [1.165, 1.54) is 6.21 Å². The number of phenolic OH excluding ortho intramolecular Hbond substituents is 1. The lowest BCUT2D eigenvalue weighted by Crippen LogP contribution is -2.21. The van der Waals surface area contributed by atoms with E-state index in [9.17, 15) is 5.11 Å². The van der Waals surface area contributed by atoms with Gasteiger partial charge in [0.05, 0.1) is 13.4 Å². The van der Waals surface area contributed by atoms with Crippen molar-refractivity contribution < 1.29 is 5.11 Å². The first-order chi connectivity index (χ1) is 7.00. The molecule has 1 rings (SSSR count). The zero-order valence-electron chi connectivity index (χ0n) is 7.48. The number of aromatic hydroxyl groups is 1. The van der Waals surface area contributed by atoms with Crippen LogP contribution >= 0.6 is 45.2 Å². The average molecular weight is 430 g/mol. The molecular weight excluding hydrogens is 422 g/mol. The van der Waals surface area contributed by atoms with Gasteiger partial charge in [0.15, 0.2) is 0 Å². The van der Waals surface area contributed by atoms with Gasteiger partial charge in [-0.3, -0.25) is 0 Å². The lowest BCUT2D eigenvalue weighted by molar-refractivity contribution is 0.467. The van der Waals surface area contributed by atoms with Crippen molar-refractivity contribution in [3.8, 4) is 5.75 Å². The van der Waals surface area contributed by atoms with Gasteiger partial charge in [0.25, 0.3) is 0 Å². The lowest BCUT2D eigenvalue weighted by Gasteiger charge is -2.01. The van der Waals surface area contributed by atoms with Gasteiger partial charge in [0.2, 0.25) is 5.96 Å². The predicted octanol–water partition coefficient (Wildman–Crippen LogP) is 1.21. The molecule has 15 heavy (non-hydrogen) atoms. The highest BCUT2D eigenvalue weighted by atomic mass is 127. The van der Waals surface area contributed by atoms with Gasteiger partial charge in [-0.15, -0.1) is 5.10 Å². The van der Waals surface area contributed by atoms with E-state index in [-0.39, 0.29) is 11.7 Å². The number of guanidine groups is 1. The Balaban J connectivity index is 2.98. The molecule has 0 spiro atoms. The molecule has 0 bridgehead atoms. The monoisotopic (exact) mass is 430 g/mol. The molecule has 5 nitrogen and oxygen atoms in total. The fourth-order valence-electron chi connectivity index (χ4n) is 0.822. The minimum Gasteiger partial charge on any atom is -0.506 e. The molecule has 0 saturated heterocycles. The summed E-state index contributed by atoms with van der Waals surface area (Å²) in [6.45, 7) is 0. The van der Waals surface area contributed by atoms with E-state index in [2.05, 4.69) is 10.2 Å². The van der Waals surface area contributed by atoms with Crippen LogP contribution in [0.2, 0.25) is 0 Å². The molecule has 0 unspecified atom stereocenters. The first-order valence-corrected chi connectivity index (χ1v) is 5.96. The maximum absolute atomic E-state index is 9.52. The van der Waals surface area contributed by atoms with Gasteiger partial charge in [0, 0.05) is 0 Å². The number of halogens is 2. The van der Waals surface area contributed by atoms with Crippen LogP contribution in [0.3, 0.4) is 0 Å². The molecular formula is C8H8I2N4O. The van der Waals surface area contributed by atoms with Gasteiger partial charge < -0.3 is 16.6 Å². The molecule has 0 saturated carbocycles. The Labute approximate surface area is 114 Å². The molecule has 1 aromatic rings. The predicted molar refractivity (Wildman–Crippen MR) is 76.9 cm³/mol. The molecule has 80 valence electrons. The summed E-state index contributed by atoms with van der Waals surface area (Å²) >= 11 is 4.08. The zero-order chi connectivity index (χ0) is 11.4. The van der Waals surface area contributed by atoms with Gasteiger partial charge in [-0.05, 0) is 62.9 Å². The van der Waals surface area contributed by atoms with E-state index in [0.29, 0.717) is 0 Å². The molecule has 0 amide bonds. The van der Waals surface area contributed by atoms with Crippen molar-refractivity contribution in [2.45, 2.75) is 0 Å². The maximum atomic E-state index is 9.52. The standard InChI is InChI=1S/C8H8I2N4O/c9-5-1-4(2-6(10)7(5)15)3-13-14-8(11)12/h1-3,15H,(H4,11,12,14)/b13-3+. The third-order valence-electron chi connectivity index (χ3n) is 1.42. The summed E-state index contributed by atoms with van der Waals surface area (Å²) in [7, 11) is 0. The Hall–Kier alpha value is -0.580. The fourth-order valence-corrected chi connectivity index (χ4v) is 2.64. The van der Waals surface area contributed by atoms with Crippen LogP contribution in [0.4, 0.5) is 0 Å². The largest absolute Gasteiger partial charge is 0.506 e. The zero-order valence-corrected chi connectivity index (χ0v) is 11.8. The van der Waals surface area contributed by atoms with Gasteiger partial charge in [0.1, 0.15) is 5.75 Å². The second kappa shape index (κ2) is 5.49. The Morgan fingerprint density at radius 3 is 2.27 bits per heavy atom. The van der Waals surface area contributed by atoms with Crippen LogP contribution < -0.4 is 11.5 Å². The summed E-state index contributed by atoms with van der Waals surface area (Å²) in [6, 6.07) is 3.56. The van der Waals surface area contributed by atoms with Crippen molar-refractivity contribution in [3.63, 3.8) is 0 Å². The number of hydrogen-bond acceptors (Lipinski definition) is 3. The number of rotatable bonds is 2. The molecule has 0 atom stereocenters. The van der Waals surface area contributed by atoms with Gasteiger partial charge >= 0.3 is 0 Å². The minimum absolute atomic E-state index is 0.0885. The van der Waals surface area contributed by atoms with Crippen molar-refractivity contribution in [2.24, 2.45) is 21.7 Å². The van der Waals surface area contributed by atoms with Crippen LogP contribution in [0.5, 0.6) is 5.75 Å². The molecule has 0 aromatic heterocycles. The Kier molecular flexibility index (Phi) is 4.57. The van der Waals surface area contributed by atoms with Crippen LogP contribution in [0.1, 0.15) is 5.56 Å². The van der Waals surface area contributed by atoms with Gasteiger partial charge in [-0.1, -0.05) is 0 Å². The van der Waals surface area contributed by atoms with E-state index in [0.717, 1.165) is 12.7 Å². The minimum atomic E-state index is -0.0885. The lowest BCUT2D eigenvalue weighted by atomic mass is 10.2. The molecule has 0 aliphatic rings. The number of benzene rings is 1. The highest BCUT2D eigenvalue weighted by Gasteiger charge is 2.03. The van der Waals surface area contributed by atoms with E-state index < -0.39 is 0 Å². The van der Waals surface area contributed by atoms with E-state index in [1.54, 1.807) is 12.1 Å². The smallest absolute Gasteiger partial charge is 0.211 e. The van der Waals surface area contributed by atoms with Crippen LogP contribution in [-0.2, 0) is 0 Å². The second-order valence-electron chi connectivity index (χ2n) is 2.60. The Morgan fingerprint density at radius 1 is 1.27 bits per heavy atom. The van der Waals surface area contributed by atoms with E-state index in [1.807, 2.05) is 45.2 Å². The van der Waals surface area contributed by atoms with Crippen LogP contribution in [-0.4, -0.2) is 17.3 Å². The fraction of sp³-hybridized carbons (Fsp3) is 0. The highest BCUT2D eigenvalue weighted by Crippen LogP contribution is 2.26. The first-order valence-electron chi connectivity index (χ1n) is 3.80. The topological polar surface area (TPSA) is 97.0 Å². The average Bonchev–Trinajstić information content (AvgIpc) is 2.13.